The molecule has 6 heteroatoms. The number of halogens is 1. The van der Waals surface area contributed by atoms with Crippen LogP contribution in [0, 0.1) is 5.82 Å². The van der Waals surface area contributed by atoms with Gasteiger partial charge in [-0.1, -0.05) is 37.3 Å². The molecule has 0 aliphatic rings. The fourth-order valence-electron chi connectivity index (χ4n) is 2.54. The van der Waals surface area contributed by atoms with E-state index in [0.29, 0.717) is 29.9 Å². The molecule has 1 atom stereocenters. The molecule has 25 heavy (non-hydrogen) atoms. The summed E-state index contributed by atoms with van der Waals surface area (Å²) in [6.07, 6.45) is 0.111. The number of hydrogen-bond donors (Lipinski definition) is 3. The van der Waals surface area contributed by atoms with Gasteiger partial charge in [0.1, 0.15) is 5.82 Å². The third-order valence-electron chi connectivity index (χ3n) is 3.80. The summed E-state index contributed by atoms with van der Waals surface area (Å²) in [5.41, 5.74) is 6.66. The lowest BCUT2D eigenvalue weighted by molar-refractivity contribution is -0.116. The van der Waals surface area contributed by atoms with Crippen molar-refractivity contribution < 1.29 is 14.0 Å². The van der Waals surface area contributed by atoms with E-state index < -0.39 is 0 Å². The highest BCUT2D eigenvalue weighted by molar-refractivity contribution is 6.03. The van der Waals surface area contributed by atoms with E-state index in [1.54, 1.807) is 49.4 Å². The van der Waals surface area contributed by atoms with Crippen LogP contribution in [0.15, 0.2) is 48.5 Å². The molecule has 0 saturated carbocycles. The largest absolute Gasteiger partial charge is 0.351 e. The van der Waals surface area contributed by atoms with Crippen molar-refractivity contribution >= 4 is 17.5 Å². The molecule has 0 aliphatic carbocycles. The number of nitrogens with one attached hydrogen (secondary N) is 2. The smallest absolute Gasteiger partial charge is 0.253 e. The van der Waals surface area contributed by atoms with Gasteiger partial charge in [-0.15, -0.1) is 0 Å². The van der Waals surface area contributed by atoms with E-state index >= 15 is 0 Å². The summed E-state index contributed by atoms with van der Waals surface area (Å²) in [5.74, 6) is -1.19. The number of para-hydroxylation sites is 1. The van der Waals surface area contributed by atoms with Crippen LogP contribution >= 0.6 is 0 Å². The molecular formula is C19H22FN3O2. The first-order valence-corrected chi connectivity index (χ1v) is 8.14. The molecule has 2 aromatic carbocycles. The maximum atomic E-state index is 13.8. The van der Waals surface area contributed by atoms with Crippen LogP contribution in [-0.4, -0.2) is 24.9 Å². The van der Waals surface area contributed by atoms with Gasteiger partial charge in [-0.3, -0.25) is 9.59 Å². The zero-order valence-electron chi connectivity index (χ0n) is 14.1. The third kappa shape index (κ3) is 5.12. The standard InChI is InChI=1S/C19H22FN3O2/c1-13(14-6-2-4-8-16(14)20)12-18(24)23-17-9-5-3-7-15(17)19(25)22-11-10-21/h2-9,13H,10-12,21H2,1H3,(H,22,25)(H,23,24). The topological polar surface area (TPSA) is 84.2 Å². The summed E-state index contributed by atoms with van der Waals surface area (Å²) >= 11 is 0. The SMILES string of the molecule is CC(CC(=O)Nc1ccccc1C(=O)NCCN)c1ccccc1F. The molecule has 0 bridgehead atoms. The molecular weight excluding hydrogens is 321 g/mol. The van der Waals surface area contributed by atoms with E-state index in [2.05, 4.69) is 10.6 Å². The van der Waals surface area contributed by atoms with Crippen molar-refractivity contribution in [3.8, 4) is 0 Å². The Morgan fingerprint density at radius 2 is 1.80 bits per heavy atom. The van der Waals surface area contributed by atoms with Crippen molar-refractivity contribution in [3.05, 3.63) is 65.5 Å². The molecule has 0 fully saturated rings. The Morgan fingerprint density at radius 1 is 1.12 bits per heavy atom. The van der Waals surface area contributed by atoms with E-state index in [9.17, 15) is 14.0 Å². The molecule has 1 unspecified atom stereocenters. The molecule has 2 aromatic rings. The van der Waals surface area contributed by atoms with Gasteiger partial charge in [0, 0.05) is 19.5 Å². The average molecular weight is 343 g/mol. The number of rotatable bonds is 7. The number of carbonyl (C=O) groups excluding carboxylic acids is 2. The third-order valence-corrected chi connectivity index (χ3v) is 3.80. The second kappa shape index (κ2) is 8.94. The summed E-state index contributed by atoms with van der Waals surface area (Å²) in [7, 11) is 0. The lowest BCUT2D eigenvalue weighted by atomic mass is 9.97. The first-order valence-electron chi connectivity index (χ1n) is 8.14. The van der Waals surface area contributed by atoms with Gasteiger partial charge in [-0.2, -0.15) is 0 Å². The van der Waals surface area contributed by atoms with Crippen molar-refractivity contribution in [3.63, 3.8) is 0 Å². The highest BCUT2D eigenvalue weighted by Crippen LogP contribution is 2.23. The molecule has 5 nitrogen and oxygen atoms in total. The van der Waals surface area contributed by atoms with E-state index in [0.717, 1.165) is 0 Å². The molecule has 2 amide bonds. The summed E-state index contributed by atoms with van der Waals surface area (Å²) in [6, 6.07) is 13.1. The van der Waals surface area contributed by atoms with Gasteiger partial charge in [0.05, 0.1) is 11.3 Å². The fraction of sp³-hybridized carbons (Fsp3) is 0.263. The molecule has 0 aromatic heterocycles. The molecule has 2 rings (SSSR count). The Bertz CT molecular complexity index is 749. The number of anilines is 1. The maximum absolute atomic E-state index is 13.8. The lowest BCUT2D eigenvalue weighted by Gasteiger charge is -2.14. The fourth-order valence-corrected chi connectivity index (χ4v) is 2.54. The van der Waals surface area contributed by atoms with E-state index in [-0.39, 0.29) is 30.0 Å². The van der Waals surface area contributed by atoms with Crippen LogP contribution < -0.4 is 16.4 Å². The monoisotopic (exact) mass is 343 g/mol. The average Bonchev–Trinajstić information content (AvgIpc) is 2.60. The minimum Gasteiger partial charge on any atom is -0.351 e. The highest BCUT2D eigenvalue weighted by atomic mass is 19.1. The van der Waals surface area contributed by atoms with Crippen molar-refractivity contribution in [2.75, 3.05) is 18.4 Å². The van der Waals surface area contributed by atoms with Crippen molar-refractivity contribution in [2.24, 2.45) is 5.73 Å². The predicted molar refractivity (Wildman–Crippen MR) is 95.9 cm³/mol. The normalized spacial score (nSPS) is 11.6. The van der Waals surface area contributed by atoms with E-state index in [4.69, 9.17) is 5.73 Å². The Kier molecular flexibility index (Phi) is 6.65. The second-order valence-corrected chi connectivity index (χ2v) is 5.77. The van der Waals surface area contributed by atoms with Gasteiger partial charge >= 0.3 is 0 Å². The van der Waals surface area contributed by atoms with Crippen LogP contribution in [0.5, 0.6) is 0 Å². The zero-order chi connectivity index (χ0) is 18.2. The Morgan fingerprint density at radius 3 is 2.52 bits per heavy atom. The van der Waals surface area contributed by atoms with Crippen LogP contribution in [0.25, 0.3) is 0 Å². The second-order valence-electron chi connectivity index (χ2n) is 5.77. The zero-order valence-corrected chi connectivity index (χ0v) is 14.1. The summed E-state index contributed by atoms with van der Waals surface area (Å²) in [6.45, 7) is 2.48. The Balaban J connectivity index is 2.06. The number of nitrogens with two attached hydrogens (primary N) is 1. The minimum atomic E-state index is -0.329. The predicted octanol–water partition coefficient (Wildman–Crippen LogP) is 2.65. The van der Waals surface area contributed by atoms with E-state index in [1.807, 2.05) is 0 Å². The number of carbonyl (C=O) groups is 2. The first-order chi connectivity index (χ1) is 12.0. The van der Waals surface area contributed by atoms with Crippen LogP contribution in [0.2, 0.25) is 0 Å². The van der Waals surface area contributed by atoms with Crippen LogP contribution in [0.1, 0.15) is 35.2 Å². The Hall–Kier alpha value is -2.73. The van der Waals surface area contributed by atoms with Crippen molar-refractivity contribution in [1.82, 2.24) is 5.32 Å². The van der Waals surface area contributed by atoms with Crippen LogP contribution in [0.4, 0.5) is 10.1 Å². The number of benzene rings is 2. The number of hydrogen-bond acceptors (Lipinski definition) is 3. The first kappa shape index (κ1) is 18.6. The van der Waals surface area contributed by atoms with Crippen molar-refractivity contribution in [1.29, 1.82) is 0 Å². The summed E-state index contributed by atoms with van der Waals surface area (Å²) in [5, 5.41) is 5.41. The molecule has 0 saturated heterocycles. The van der Waals surface area contributed by atoms with Gasteiger partial charge in [-0.05, 0) is 29.7 Å². The number of amides is 2. The molecule has 4 N–H and O–H groups in total. The van der Waals surface area contributed by atoms with Gasteiger partial charge in [-0.25, -0.2) is 4.39 Å². The lowest BCUT2D eigenvalue weighted by Crippen LogP contribution is -2.30. The maximum Gasteiger partial charge on any atom is 0.253 e. The van der Waals surface area contributed by atoms with Gasteiger partial charge in [0.25, 0.3) is 5.91 Å². The van der Waals surface area contributed by atoms with Crippen LogP contribution in [0.3, 0.4) is 0 Å². The Labute approximate surface area is 146 Å². The summed E-state index contributed by atoms with van der Waals surface area (Å²) < 4.78 is 13.8. The quantitative estimate of drug-likeness (QED) is 0.722. The highest BCUT2D eigenvalue weighted by Gasteiger charge is 2.17. The van der Waals surface area contributed by atoms with Gasteiger partial charge in [0.2, 0.25) is 5.91 Å². The van der Waals surface area contributed by atoms with Gasteiger partial charge < -0.3 is 16.4 Å². The molecule has 132 valence electrons. The molecule has 0 radical (unpaired) electrons. The summed E-state index contributed by atoms with van der Waals surface area (Å²) in [4.78, 5) is 24.4. The van der Waals surface area contributed by atoms with Gasteiger partial charge in [0.15, 0.2) is 0 Å². The van der Waals surface area contributed by atoms with Crippen LogP contribution in [-0.2, 0) is 4.79 Å². The minimum absolute atomic E-state index is 0.111. The molecule has 0 heterocycles. The van der Waals surface area contributed by atoms with Crippen molar-refractivity contribution in [2.45, 2.75) is 19.3 Å². The molecule has 0 spiro atoms. The molecule has 0 aliphatic heterocycles. The van der Waals surface area contributed by atoms with E-state index in [1.165, 1.54) is 6.07 Å².